The molecule has 3 rings (SSSR count). The highest BCUT2D eigenvalue weighted by molar-refractivity contribution is 4.97. The van der Waals surface area contributed by atoms with Crippen LogP contribution in [0.25, 0.3) is 0 Å². The lowest BCUT2D eigenvalue weighted by molar-refractivity contribution is 0.161. The zero-order valence-corrected chi connectivity index (χ0v) is 12.2. The summed E-state index contributed by atoms with van der Waals surface area (Å²) in [6.07, 6.45) is 13.2. The second-order valence-electron chi connectivity index (χ2n) is 6.68. The summed E-state index contributed by atoms with van der Waals surface area (Å²) in [5, 5.41) is 3.70. The molecule has 0 saturated heterocycles. The summed E-state index contributed by atoms with van der Waals surface area (Å²) in [5.74, 6) is 1.73. The summed E-state index contributed by atoms with van der Waals surface area (Å²) in [4.78, 5) is 4.32. The summed E-state index contributed by atoms with van der Waals surface area (Å²) in [7, 11) is 0. The van der Waals surface area contributed by atoms with Gasteiger partial charge in [0, 0.05) is 6.04 Å². The van der Waals surface area contributed by atoms with Crippen LogP contribution in [0.1, 0.15) is 76.0 Å². The Balaban J connectivity index is 1.52. The first-order valence-electron chi connectivity index (χ1n) is 7.85. The lowest BCUT2D eigenvalue weighted by Gasteiger charge is -2.38. The Kier molecular flexibility index (Phi) is 3.66. The first-order chi connectivity index (χ1) is 9.17. The molecule has 1 spiro atoms. The number of oxazole rings is 1. The van der Waals surface area contributed by atoms with Gasteiger partial charge >= 0.3 is 0 Å². The van der Waals surface area contributed by atoms with Crippen LogP contribution in [0.4, 0.5) is 0 Å². The van der Waals surface area contributed by atoms with Crippen LogP contribution < -0.4 is 5.32 Å². The molecular formula is C16H26N2O. The average molecular weight is 262 g/mol. The van der Waals surface area contributed by atoms with Crippen LogP contribution in [0.2, 0.25) is 0 Å². The fourth-order valence-corrected chi connectivity index (χ4v) is 4.02. The summed E-state index contributed by atoms with van der Waals surface area (Å²) >= 11 is 0. The molecule has 0 aromatic carbocycles. The molecule has 1 atom stereocenters. The van der Waals surface area contributed by atoms with Crippen molar-refractivity contribution in [3.8, 4) is 0 Å². The van der Waals surface area contributed by atoms with Gasteiger partial charge in [-0.1, -0.05) is 12.8 Å². The van der Waals surface area contributed by atoms with Gasteiger partial charge in [0.15, 0.2) is 0 Å². The number of aryl methyl sites for hydroxylation is 1. The van der Waals surface area contributed by atoms with E-state index in [0.717, 1.165) is 17.1 Å². The molecule has 1 aromatic heterocycles. The number of aromatic nitrogens is 1. The Labute approximate surface area is 116 Å². The van der Waals surface area contributed by atoms with E-state index < -0.39 is 0 Å². The van der Waals surface area contributed by atoms with Gasteiger partial charge in [-0.05, 0) is 57.8 Å². The summed E-state index contributed by atoms with van der Waals surface area (Å²) in [6, 6.07) is 0.879. The van der Waals surface area contributed by atoms with Crippen LogP contribution >= 0.6 is 0 Å². The van der Waals surface area contributed by atoms with Gasteiger partial charge in [-0.15, -0.1) is 0 Å². The standard InChI is InChI=1S/C16H26N2O/c1-12-11-17-15(19-12)13(2)18-14-5-9-16(10-6-14)7-3-4-8-16/h11,13-14,18H,3-10H2,1-2H3. The van der Waals surface area contributed by atoms with Crippen LogP contribution in [-0.4, -0.2) is 11.0 Å². The molecule has 1 aromatic rings. The maximum Gasteiger partial charge on any atom is 0.211 e. The molecule has 2 saturated carbocycles. The van der Waals surface area contributed by atoms with Crippen molar-refractivity contribution in [3.05, 3.63) is 17.8 Å². The molecule has 3 nitrogen and oxygen atoms in total. The molecule has 1 N–H and O–H groups in total. The fourth-order valence-electron chi connectivity index (χ4n) is 4.02. The largest absolute Gasteiger partial charge is 0.444 e. The first kappa shape index (κ1) is 13.2. The maximum absolute atomic E-state index is 5.61. The van der Waals surface area contributed by atoms with Crippen LogP contribution in [-0.2, 0) is 0 Å². The van der Waals surface area contributed by atoms with Gasteiger partial charge in [-0.2, -0.15) is 0 Å². The molecule has 0 aliphatic heterocycles. The normalized spacial score (nSPS) is 24.9. The summed E-state index contributed by atoms with van der Waals surface area (Å²) in [6.45, 7) is 4.11. The summed E-state index contributed by atoms with van der Waals surface area (Å²) in [5.41, 5.74) is 0.723. The predicted molar refractivity (Wildman–Crippen MR) is 75.9 cm³/mol. The Hall–Kier alpha value is -0.830. The van der Waals surface area contributed by atoms with Crippen molar-refractivity contribution >= 4 is 0 Å². The second-order valence-corrected chi connectivity index (χ2v) is 6.68. The molecular weight excluding hydrogens is 236 g/mol. The number of nitrogens with one attached hydrogen (secondary N) is 1. The van der Waals surface area contributed by atoms with Gasteiger partial charge in [-0.3, -0.25) is 0 Å². The molecule has 1 unspecified atom stereocenters. The minimum atomic E-state index is 0.233. The van der Waals surface area contributed by atoms with E-state index in [2.05, 4.69) is 17.2 Å². The molecule has 0 radical (unpaired) electrons. The number of nitrogens with zero attached hydrogens (tertiary/aromatic N) is 1. The predicted octanol–water partition coefficient (Wildman–Crippen LogP) is 4.14. The van der Waals surface area contributed by atoms with Gasteiger partial charge in [0.25, 0.3) is 0 Å². The topological polar surface area (TPSA) is 38.1 Å². The van der Waals surface area contributed by atoms with Crippen molar-refractivity contribution in [2.45, 2.75) is 77.3 Å². The van der Waals surface area contributed by atoms with Crippen LogP contribution in [0.15, 0.2) is 10.6 Å². The van der Waals surface area contributed by atoms with Crippen LogP contribution in [0.5, 0.6) is 0 Å². The maximum atomic E-state index is 5.61. The third-order valence-electron chi connectivity index (χ3n) is 5.21. The van der Waals surface area contributed by atoms with Crippen molar-refractivity contribution in [1.29, 1.82) is 0 Å². The number of hydrogen-bond donors (Lipinski definition) is 1. The molecule has 3 heteroatoms. The zero-order valence-electron chi connectivity index (χ0n) is 12.2. The SMILES string of the molecule is Cc1cnc(C(C)NC2CCC3(CCCC3)CC2)o1. The quantitative estimate of drug-likeness (QED) is 0.889. The van der Waals surface area contributed by atoms with Crippen LogP contribution in [0.3, 0.4) is 0 Å². The summed E-state index contributed by atoms with van der Waals surface area (Å²) < 4.78 is 5.61. The third-order valence-corrected chi connectivity index (χ3v) is 5.21. The van der Waals surface area contributed by atoms with Crippen molar-refractivity contribution in [3.63, 3.8) is 0 Å². The highest BCUT2D eigenvalue weighted by atomic mass is 16.4. The Morgan fingerprint density at radius 3 is 2.53 bits per heavy atom. The third kappa shape index (κ3) is 2.86. The number of rotatable bonds is 3. The average Bonchev–Trinajstić information content (AvgIpc) is 3.02. The minimum Gasteiger partial charge on any atom is -0.444 e. The fraction of sp³-hybridized carbons (Fsp3) is 0.812. The van der Waals surface area contributed by atoms with Crippen molar-refractivity contribution < 1.29 is 4.42 Å². The van der Waals surface area contributed by atoms with Crippen LogP contribution in [0, 0.1) is 12.3 Å². The lowest BCUT2D eigenvalue weighted by atomic mass is 9.71. The van der Waals surface area contributed by atoms with Gasteiger partial charge in [-0.25, -0.2) is 4.98 Å². The van der Waals surface area contributed by atoms with E-state index in [1.54, 1.807) is 0 Å². The van der Waals surface area contributed by atoms with Gasteiger partial charge in [0.05, 0.1) is 12.2 Å². The van der Waals surface area contributed by atoms with E-state index in [1.807, 2.05) is 13.1 Å². The highest BCUT2D eigenvalue weighted by Gasteiger charge is 2.37. The van der Waals surface area contributed by atoms with Gasteiger partial charge in [0.1, 0.15) is 5.76 Å². The van der Waals surface area contributed by atoms with Crippen molar-refractivity contribution in [1.82, 2.24) is 10.3 Å². The Morgan fingerprint density at radius 1 is 1.26 bits per heavy atom. The highest BCUT2D eigenvalue weighted by Crippen LogP contribution is 2.49. The molecule has 2 aliphatic carbocycles. The lowest BCUT2D eigenvalue weighted by Crippen LogP contribution is -2.38. The molecule has 2 fully saturated rings. The van der Waals surface area contributed by atoms with E-state index >= 15 is 0 Å². The van der Waals surface area contributed by atoms with Crippen molar-refractivity contribution in [2.75, 3.05) is 0 Å². The first-order valence-corrected chi connectivity index (χ1v) is 7.85. The second kappa shape index (κ2) is 5.28. The molecule has 2 aliphatic rings. The smallest absolute Gasteiger partial charge is 0.211 e. The van der Waals surface area contributed by atoms with E-state index in [9.17, 15) is 0 Å². The van der Waals surface area contributed by atoms with Crippen molar-refractivity contribution in [2.24, 2.45) is 5.41 Å². The van der Waals surface area contributed by atoms with Gasteiger partial charge < -0.3 is 9.73 Å². The van der Waals surface area contributed by atoms with Gasteiger partial charge in [0.2, 0.25) is 5.89 Å². The molecule has 1 heterocycles. The Bertz CT molecular complexity index is 410. The molecule has 106 valence electrons. The minimum absolute atomic E-state index is 0.233. The number of hydrogen-bond acceptors (Lipinski definition) is 3. The molecule has 19 heavy (non-hydrogen) atoms. The Morgan fingerprint density at radius 2 is 1.95 bits per heavy atom. The van der Waals surface area contributed by atoms with E-state index in [-0.39, 0.29) is 6.04 Å². The zero-order chi connectivity index (χ0) is 13.3. The molecule has 0 amide bonds. The van der Waals surface area contributed by atoms with E-state index in [0.29, 0.717) is 6.04 Å². The van der Waals surface area contributed by atoms with E-state index in [4.69, 9.17) is 4.42 Å². The molecule has 0 bridgehead atoms. The van der Waals surface area contributed by atoms with E-state index in [1.165, 1.54) is 51.4 Å². The monoisotopic (exact) mass is 262 g/mol.